The molecule has 4 aromatic rings. The van der Waals surface area contributed by atoms with Gasteiger partial charge in [-0.1, -0.05) is 48.0 Å². The normalized spacial score (nSPS) is 11.8. The van der Waals surface area contributed by atoms with Crippen LogP contribution in [0.25, 0.3) is 16.9 Å². The largest absolute Gasteiger partial charge is 0.309 e. The third kappa shape index (κ3) is 4.25. The zero-order chi connectivity index (χ0) is 22.9. The highest BCUT2D eigenvalue weighted by molar-refractivity contribution is 7.89. The highest BCUT2D eigenvalue weighted by atomic mass is 35.5. The first-order valence-electron chi connectivity index (χ1n) is 9.82. The SMILES string of the molecule is Cc1cccn2c(NC(=O)CN(C)S(=O)(=O)c3ccc(Cl)cc3)c(-c3ccccc3)nc12. The van der Waals surface area contributed by atoms with Gasteiger partial charge in [-0.05, 0) is 42.8 Å². The maximum Gasteiger partial charge on any atom is 0.243 e. The molecule has 0 fully saturated rings. The number of rotatable bonds is 6. The number of aromatic nitrogens is 2. The number of hydrogen-bond acceptors (Lipinski definition) is 4. The predicted molar refractivity (Wildman–Crippen MR) is 125 cm³/mol. The van der Waals surface area contributed by atoms with E-state index in [0.717, 1.165) is 15.4 Å². The standard InChI is InChI=1S/C23H21ClN4O3S/c1-16-7-6-14-28-22(16)26-21(17-8-4-3-5-9-17)23(28)25-20(29)15-27(2)32(30,31)19-12-10-18(24)11-13-19/h3-14H,15H2,1-2H3,(H,25,29). The lowest BCUT2D eigenvalue weighted by atomic mass is 10.1. The first-order chi connectivity index (χ1) is 15.3. The number of halogens is 1. The van der Waals surface area contributed by atoms with Gasteiger partial charge in [-0.25, -0.2) is 13.4 Å². The summed E-state index contributed by atoms with van der Waals surface area (Å²) < 4.78 is 28.4. The van der Waals surface area contributed by atoms with Gasteiger partial charge in [0.15, 0.2) is 0 Å². The van der Waals surface area contributed by atoms with Crippen molar-refractivity contribution in [3.8, 4) is 11.3 Å². The number of likely N-dealkylation sites (N-methyl/N-ethyl adjacent to an activating group) is 1. The highest BCUT2D eigenvalue weighted by Gasteiger charge is 2.24. The number of aryl methyl sites for hydroxylation is 1. The number of amides is 1. The van der Waals surface area contributed by atoms with Gasteiger partial charge in [0.1, 0.15) is 17.2 Å². The molecule has 2 heterocycles. The van der Waals surface area contributed by atoms with Gasteiger partial charge in [-0.3, -0.25) is 9.20 Å². The number of fused-ring (bicyclic) bond motifs is 1. The molecule has 1 amide bonds. The summed E-state index contributed by atoms with van der Waals surface area (Å²) in [6.07, 6.45) is 1.81. The van der Waals surface area contributed by atoms with Crippen molar-refractivity contribution in [3.05, 3.63) is 83.5 Å². The van der Waals surface area contributed by atoms with Gasteiger partial charge in [-0.15, -0.1) is 0 Å². The molecule has 0 aliphatic rings. The quantitative estimate of drug-likeness (QED) is 0.459. The Bertz CT molecular complexity index is 1380. The molecule has 7 nitrogen and oxygen atoms in total. The molecule has 4 rings (SSSR count). The minimum atomic E-state index is -3.85. The Balaban J connectivity index is 1.64. The number of anilines is 1. The van der Waals surface area contributed by atoms with Gasteiger partial charge in [0.05, 0.1) is 11.4 Å². The molecule has 1 N–H and O–H groups in total. The third-order valence-electron chi connectivity index (χ3n) is 5.04. The van der Waals surface area contributed by atoms with Crippen molar-refractivity contribution >= 4 is 39.0 Å². The molecule has 0 saturated carbocycles. The van der Waals surface area contributed by atoms with Crippen molar-refractivity contribution in [2.45, 2.75) is 11.8 Å². The lowest BCUT2D eigenvalue weighted by molar-refractivity contribution is -0.116. The Morgan fingerprint density at radius 1 is 1.06 bits per heavy atom. The Kier molecular flexibility index (Phi) is 6.01. The van der Waals surface area contributed by atoms with Crippen LogP contribution in [0.3, 0.4) is 0 Å². The highest BCUT2D eigenvalue weighted by Crippen LogP contribution is 2.30. The number of benzene rings is 2. The molecule has 0 aliphatic carbocycles. The first kappa shape index (κ1) is 22.0. The number of carbonyl (C=O) groups is 1. The van der Waals surface area contributed by atoms with Crippen LogP contribution in [-0.2, 0) is 14.8 Å². The van der Waals surface area contributed by atoms with Crippen molar-refractivity contribution < 1.29 is 13.2 Å². The zero-order valence-electron chi connectivity index (χ0n) is 17.5. The molecule has 0 radical (unpaired) electrons. The lowest BCUT2D eigenvalue weighted by Gasteiger charge is -2.17. The molecule has 0 bridgehead atoms. The summed E-state index contributed by atoms with van der Waals surface area (Å²) in [4.78, 5) is 17.7. The molecule has 164 valence electrons. The summed E-state index contributed by atoms with van der Waals surface area (Å²) in [5.41, 5.74) is 3.11. The fourth-order valence-electron chi connectivity index (χ4n) is 3.37. The summed E-state index contributed by atoms with van der Waals surface area (Å²) in [5.74, 6) is 0.00252. The maximum atomic E-state index is 12.9. The molecule has 0 spiro atoms. The Hall–Kier alpha value is -3.20. The van der Waals surface area contributed by atoms with Crippen LogP contribution < -0.4 is 5.32 Å². The minimum Gasteiger partial charge on any atom is -0.309 e. The van der Waals surface area contributed by atoms with Gasteiger partial charge < -0.3 is 5.32 Å². The molecule has 32 heavy (non-hydrogen) atoms. The summed E-state index contributed by atoms with van der Waals surface area (Å²) in [6.45, 7) is 1.58. The van der Waals surface area contributed by atoms with E-state index in [9.17, 15) is 13.2 Å². The maximum absolute atomic E-state index is 12.9. The smallest absolute Gasteiger partial charge is 0.243 e. The van der Waals surface area contributed by atoms with Crippen LogP contribution in [0.2, 0.25) is 5.02 Å². The average molecular weight is 469 g/mol. The lowest BCUT2D eigenvalue weighted by Crippen LogP contribution is -2.35. The van der Waals surface area contributed by atoms with E-state index in [0.29, 0.717) is 22.2 Å². The van der Waals surface area contributed by atoms with Gasteiger partial charge in [-0.2, -0.15) is 4.31 Å². The van der Waals surface area contributed by atoms with Crippen LogP contribution >= 0.6 is 11.6 Å². The molecule has 0 aliphatic heterocycles. The number of hydrogen-bond donors (Lipinski definition) is 1. The number of nitrogens with one attached hydrogen (secondary N) is 1. The topological polar surface area (TPSA) is 83.8 Å². The Labute approximate surface area is 191 Å². The predicted octanol–water partition coefficient (Wildman–Crippen LogP) is 4.22. The van der Waals surface area contributed by atoms with Gasteiger partial charge in [0, 0.05) is 23.8 Å². The number of nitrogens with zero attached hydrogens (tertiary/aromatic N) is 3. The van der Waals surface area contributed by atoms with E-state index in [4.69, 9.17) is 16.6 Å². The molecular weight excluding hydrogens is 448 g/mol. The second kappa shape index (κ2) is 8.74. The van der Waals surface area contributed by atoms with Crippen molar-refractivity contribution in [1.29, 1.82) is 0 Å². The number of sulfonamides is 1. The monoisotopic (exact) mass is 468 g/mol. The Morgan fingerprint density at radius 3 is 2.44 bits per heavy atom. The second-order valence-electron chi connectivity index (χ2n) is 7.32. The number of carbonyl (C=O) groups excluding carboxylic acids is 1. The summed E-state index contributed by atoms with van der Waals surface area (Å²) in [7, 11) is -2.49. The number of pyridine rings is 1. The van der Waals surface area contributed by atoms with E-state index in [1.807, 2.05) is 55.6 Å². The molecule has 9 heteroatoms. The molecule has 2 aromatic carbocycles. The zero-order valence-corrected chi connectivity index (χ0v) is 19.1. The number of imidazole rings is 1. The van der Waals surface area contributed by atoms with Crippen LogP contribution in [-0.4, -0.2) is 41.6 Å². The third-order valence-corrected chi connectivity index (χ3v) is 7.11. The Morgan fingerprint density at radius 2 is 1.75 bits per heavy atom. The van der Waals surface area contributed by atoms with Crippen molar-refractivity contribution in [2.24, 2.45) is 0 Å². The van der Waals surface area contributed by atoms with Crippen LogP contribution in [0.1, 0.15) is 5.56 Å². The molecule has 0 unspecified atom stereocenters. The molecule has 2 aromatic heterocycles. The van der Waals surface area contributed by atoms with Crippen LogP contribution in [0, 0.1) is 6.92 Å². The summed E-state index contributed by atoms with van der Waals surface area (Å²) >= 11 is 5.85. The van der Waals surface area contributed by atoms with Gasteiger partial charge in [0.2, 0.25) is 15.9 Å². The molecule has 0 saturated heterocycles. The van der Waals surface area contributed by atoms with Crippen LogP contribution in [0.5, 0.6) is 0 Å². The van der Waals surface area contributed by atoms with Gasteiger partial charge in [0.25, 0.3) is 0 Å². The van der Waals surface area contributed by atoms with Gasteiger partial charge >= 0.3 is 0 Å². The fourth-order valence-corrected chi connectivity index (χ4v) is 4.62. The van der Waals surface area contributed by atoms with Crippen LogP contribution in [0.15, 0.2) is 77.8 Å². The van der Waals surface area contributed by atoms with Crippen molar-refractivity contribution in [3.63, 3.8) is 0 Å². The minimum absolute atomic E-state index is 0.0626. The van der Waals surface area contributed by atoms with Crippen molar-refractivity contribution in [2.75, 3.05) is 18.9 Å². The fraction of sp³-hybridized carbons (Fsp3) is 0.130. The molecular formula is C23H21ClN4O3S. The van der Waals surface area contributed by atoms with Crippen LogP contribution in [0.4, 0.5) is 5.82 Å². The summed E-state index contributed by atoms with van der Waals surface area (Å²) in [6, 6.07) is 19.1. The van der Waals surface area contributed by atoms with E-state index in [-0.39, 0.29) is 11.4 Å². The first-order valence-corrected chi connectivity index (χ1v) is 11.6. The van der Waals surface area contributed by atoms with E-state index >= 15 is 0 Å². The van der Waals surface area contributed by atoms with E-state index in [1.165, 1.54) is 31.3 Å². The van der Waals surface area contributed by atoms with Crippen molar-refractivity contribution in [1.82, 2.24) is 13.7 Å². The van der Waals surface area contributed by atoms with E-state index < -0.39 is 15.9 Å². The second-order valence-corrected chi connectivity index (χ2v) is 9.80. The molecule has 0 atom stereocenters. The summed E-state index contributed by atoms with van der Waals surface area (Å²) in [5, 5.41) is 3.29. The van der Waals surface area contributed by atoms with E-state index in [2.05, 4.69) is 5.32 Å². The average Bonchev–Trinajstić information content (AvgIpc) is 3.14. The van der Waals surface area contributed by atoms with E-state index in [1.54, 1.807) is 4.40 Å².